The predicted octanol–water partition coefficient (Wildman–Crippen LogP) is 2.02. The fraction of sp³-hybridized carbons (Fsp3) is 0.667. The second-order valence-corrected chi connectivity index (χ2v) is 5.42. The normalized spacial score (nSPS) is 17.4. The minimum absolute atomic E-state index is 0.298. The van der Waals surface area contributed by atoms with Gasteiger partial charge in [-0.25, -0.2) is 4.79 Å². The lowest BCUT2D eigenvalue weighted by atomic mass is 10.0. The Morgan fingerprint density at radius 1 is 1.55 bits per heavy atom. The van der Waals surface area contributed by atoms with Gasteiger partial charge in [0.1, 0.15) is 17.1 Å². The van der Waals surface area contributed by atoms with Gasteiger partial charge in [0.2, 0.25) is 0 Å². The SMILES string of the molecule is COC(=O)c1cc(CNCC(O)C2CCCC2)oc1C. The summed E-state index contributed by atoms with van der Waals surface area (Å²) in [6.07, 6.45) is 4.39. The van der Waals surface area contributed by atoms with E-state index in [0.717, 1.165) is 12.8 Å². The van der Waals surface area contributed by atoms with Crippen molar-refractivity contribution in [3.63, 3.8) is 0 Å². The van der Waals surface area contributed by atoms with Crippen LogP contribution in [-0.4, -0.2) is 30.8 Å². The van der Waals surface area contributed by atoms with Crippen LogP contribution in [0.25, 0.3) is 0 Å². The first-order valence-corrected chi connectivity index (χ1v) is 7.18. The molecule has 0 radical (unpaired) electrons. The maximum absolute atomic E-state index is 11.5. The molecule has 0 bridgehead atoms. The standard InChI is InChI=1S/C15H23NO4/c1-10-13(15(18)19-2)7-12(20-10)8-16-9-14(17)11-5-3-4-6-11/h7,11,14,16-17H,3-6,8-9H2,1-2H3. The molecule has 1 aliphatic carbocycles. The zero-order chi connectivity index (χ0) is 14.5. The summed E-state index contributed by atoms with van der Waals surface area (Å²) in [4.78, 5) is 11.5. The number of esters is 1. The molecule has 1 atom stereocenters. The van der Waals surface area contributed by atoms with Crippen LogP contribution in [0.3, 0.4) is 0 Å². The molecule has 1 aromatic rings. The topological polar surface area (TPSA) is 71.7 Å². The van der Waals surface area contributed by atoms with Crippen LogP contribution in [0, 0.1) is 12.8 Å². The number of carbonyl (C=O) groups excluding carboxylic acids is 1. The van der Waals surface area contributed by atoms with E-state index in [1.165, 1.54) is 20.0 Å². The van der Waals surface area contributed by atoms with Crippen LogP contribution in [0.2, 0.25) is 0 Å². The van der Waals surface area contributed by atoms with Gasteiger partial charge in [0.05, 0.1) is 19.8 Å². The number of aliphatic hydroxyl groups excluding tert-OH is 1. The number of aryl methyl sites for hydroxylation is 1. The number of methoxy groups -OCH3 is 1. The molecule has 1 unspecified atom stereocenters. The minimum Gasteiger partial charge on any atom is -0.465 e. The highest BCUT2D eigenvalue weighted by Crippen LogP contribution is 2.27. The molecule has 0 aromatic carbocycles. The molecule has 5 heteroatoms. The summed E-state index contributed by atoms with van der Waals surface area (Å²) in [6, 6.07) is 1.69. The Labute approximate surface area is 119 Å². The third kappa shape index (κ3) is 3.61. The fourth-order valence-corrected chi connectivity index (χ4v) is 2.80. The maximum atomic E-state index is 11.5. The molecule has 1 fully saturated rings. The number of rotatable bonds is 6. The molecule has 2 N–H and O–H groups in total. The van der Waals surface area contributed by atoms with Crippen LogP contribution >= 0.6 is 0 Å². The Balaban J connectivity index is 1.80. The van der Waals surface area contributed by atoms with Crippen LogP contribution in [-0.2, 0) is 11.3 Å². The van der Waals surface area contributed by atoms with Crippen molar-refractivity contribution >= 4 is 5.97 Å². The second kappa shape index (κ2) is 6.90. The number of aliphatic hydroxyl groups is 1. The molecule has 0 saturated heterocycles. The van der Waals surface area contributed by atoms with Gasteiger partial charge in [-0.2, -0.15) is 0 Å². The van der Waals surface area contributed by atoms with Crippen molar-refractivity contribution in [3.05, 3.63) is 23.2 Å². The van der Waals surface area contributed by atoms with Crippen molar-refractivity contribution in [1.82, 2.24) is 5.32 Å². The highest BCUT2D eigenvalue weighted by atomic mass is 16.5. The van der Waals surface area contributed by atoms with E-state index in [9.17, 15) is 9.90 Å². The quantitative estimate of drug-likeness (QED) is 0.780. The van der Waals surface area contributed by atoms with Crippen molar-refractivity contribution in [2.75, 3.05) is 13.7 Å². The molecule has 1 saturated carbocycles. The summed E-state index contributed by atoms with van der Waals surface area (Å²) in [6.45, 7) is 2.79. The van der Waals surface area contributed by atoms with Gasteiger partial charge >= 0.3 is 5.97 Å². The van der Waals surface area contributed by atoms with Gasteiger partial charge in [-0.15, -0.1) is 0 Å². The average Bonchev–Trinajstić information content (AvgIpc) is 3.07. The minimum atomic E-state index is -0.386. The Morgan fingerprint density at radius 2 is 2.25 bits per heavy atom. The van der Waals surface area contributed by atoms with Crippen molar-refractivity contribution in [2.24, 2.45) is 5.92 Å². The zero-order valence-electron chi connectivity index (χ0n) is 12.1. The Hall–Kier alpha value is -1.33. The van der Waals surface area contributed by atoms with Crippen molar-refractivity contribution in [2.45, 2.75) is 45.3 Å². The summed E-state index contributed by atoms with van der Waals surface area (Å²) in [7, 11) is 1.35. The molecule has 5 nitrogen and oxygen atoms in total. The highest BCUT2D eigenvalue weighted by molar-refractivity contribution is 5.90. The summed E-state index contributed by atoms with van der Waals surface area (Å²) >= 11 is 0. The van der Waals surface area contributed by atoms with Gasteiger partial charge in [0, 0.05) is 6.54 Å². The first-order valence-electron chi connectivity index (χ1n) is 7.18. The largest absolute Gasteiger partial charge is 0.465 e. The van der Waals surface area contributed by atoms with Crippen LogP contribution in [0.4, 0.5) is 0 Å². The van der Waals surface area contributed by atoms with E-state index in [1.54, 1.807) is 13.0 Å². The van der Waals surface area contributed by atoms with E-state index < -0.39 is 0 Å². The monoisotopic (exact) mass is 281 g/mol. The van der Waals surface area contributed by atoms with Gasteiger partial charge < -0.3 is 19.6 Å². The summed E-state index contributed by atoms with van der Waals surface area (Å²) < 4.78 is 10.2. The third-order valence-corrected chi connectivity index (χ3v) is 3.97. The molecule has 0 amide bonds. The van der Waals surface area contributed by atoms with E-state index in [2.05, 4.69) is 10.1 Å². The van der Waals surface area contributed by atoms with Crippen molar-refractivity contribution < 1.29 is 19.1 Å². The lowest BCUT2D eigenvalue weighted by Crippen LogP contribution is -2.31. The number of hydrogen-bond donors (Lipinski definition) is 2. The molecule has 2 rings (SSSR count). The summed E-state index contributed by atoms with van der Waals surface area (Å²) in [5, 5.41) is 13.2. The van der Waals surface area contributed by atoms with Gasteiger partial charge in [-0.3, -0.25) is 0 Å². The molecule has 1 aliphatic rings. The smallest absolute Gasteiger partial charge is 0.341 e. The van der Waals surface area contributed by atoms with Gasteiger partial charge in [0.15, 0.2) is 0 Å². The second-order valence-electron chi connectivity index (χ2n) is 5.42. The van der Waals surface area contributed by atoms with E-state index in [1.807, 2.05) is 0 Å². The Kier molecular flexibility index (Phi) is 5.20. The first-order chi connectivity index (χ1) is 9.61. The average molecular weight is 281 g/mol. The number of ether oxygens (including phenoxy) is 1. The van der Waals surface area contributed by atoms with Crippen molar-refractivity contribution in [3.8, 4) is 0 Å². The summed E-state index contributed by atoms with van der Waals surface area (Å²) in [5.41, 5.74) is 0.459. The van der Waals surface area contributed by atoms with E-state index in [0.29, 0.717) is 36.1 Å². The molecule has 1 heterocycles. The predicted molar refractivity (Wildman–Crippen MR) is 74.5 cm³/mol. The molecule has 1 aromatic heterocycles. The van der Waals surface area contributed by atoms with Gasteiger partial charge in [-0.1, -0.05) is 12.8 Å². The van der Waals surface area contributed by atoms with Crippen LogP contribution in [0.1, 0.15) is 47.6 Å². The van der Waals surface area contributed by atoms with Crippen LogP contribution in [0.5, 0.6) is 0 Å². The van der Waals surface area contributed by atoms with Crippen LogP contribution < -0.4 is 5.32 Å². The Morgan fingerprint density at radius 3 is 2.90 bits per heavy atom. The first kappa shape index (κ1) is 15.1. The molecular formula is C15H23NO4. The van der Waals surface area contributed by atoms with Crippen molar-refractivity contribution in [1.29, 1.82) is 0 Å². The molecule has 112 valence electrons. The lowest BCUT2D eigenvalue weighted by Gasteiger charge is -2.17. The number of furan rings is 1. The molecule has 20 heavy (non-hydrogen) atoms. The van der Waals surface area contributed by atoms with E-state index in [4.69, 9.17) is 4.42 Å². The van der Waals surface area contributed by atoms with E-state index in [-0.39, 0.29) is 12.1 Å². The molecular weight excluding hydrogens is 258 g/mol. The third-order valence-electron chi connectivity index (χ3n) is 3.97. The number of hydrogen-bond acceptors (Lipinski definition) is 5. The maximum Gasteiger partial charge on any atom is 0.341 e. The number of nitrogens with one attached hydrogen (secondary N) is 1. The molecule has 0 aliphatic heterocycles. The summed E-state index contributed by atoms with van der Waals surface area (Å²) in [5.74, 6) is 1.28. The van der Waals surface area contributed by atoms with Gasteiger partial charge in [0.25, 0.3) is 0 Å². The number of carbonyl (C=O) groups is 1. The zero-order valence-corrected chi connectivity index (χ0v) is 12.1. The lowest BCUT2D eigenvalue weighted by molar-refractivity contribution is 0.0599. The fourth-order valence-electron chi connectivity index (χ4n) is 2.80. The van der Waals surface area contributed by atoms with Gasteiger partial charge in [-0.05, 0) is 31.7 Å². The van der Waals surface area contributed by atoms with Crippen LogP contribution in [0.15, 0.2) is 10.5 Å². The highest BCUT2D eigenvalue weighted by Gasteiger charge is 2.22. The van der Waals surface area contributed by atoms with E-state index >= 15 is 0 Å². The Bertz CT molecular complexity index is 449. The molecule has 0 spiro atoms.